The van der Waals surface area contributed by atoms with Crippen molar-refractivity contribution in [2.75, 3.05) is 108 Å². The third kappa shape index (κ3) is 37.9. The molecule has 0 aromatic rings. The lowest BCUT2D eigenvalue weighted by atomic mass is 10.8. The van der Waals surface area contributed by atoms with Crippen molar-refractivity contribution in [2.24, 2.45) is 9.98 Å². The highest BCUT2D eigenvalue weighted by atomic mass is 32.2. The number of hydrogen-bond donors (Lipinski definition) is 4. The molecule has 0 bridgehead atoms. The SMILES string of the molecule is O=C(NCSCSCN=COOCCSCCOC(=O)NCSCSCN=COOCCSCCO)OCCSCCO. The Morgan fingerprint density at radius 3 is 1.44 bits per heavy atom. The first-order chi connectivity index (χ1) is 21.2. The van der Waals surface area contributed by atoms with Crippen molar-refractivity contribution in [1.29, 1.82) is 0 Å². The molecule has 4 N–H and O–H groups in total. The molecule has 0 atom stereocenters. The number of nitrogens with zero attached hydrogens (tertiary/aromatic N) is 2. The molecule has 0 rings (SSSR count). The van der Waals surface area contributed by atoms with Gasteiger partial charge in [0.2, 0.25) is 12.8 Å². The molecule has 0 unspecified atom stereocenters. The maximum absolute atomic E-state index is 11.7. The number of aliphatic hydroxyl groups excluding tert-OH is 2. The average molecular weight is 747 g/mol. The molecule has 0 radical (unpaired) electrons. The molecule has 0 fully saturated rings. The molecule has 0 saturated carbocycles. The molecular formula is C22H42N4O10S7. The lowest BCUT2D eigenvalue weighted by Crippen LogP contribution is -2.24. The number of carbonyl (C=O) groups excluding carboxylic acids is 2. The van der Waals surface area contributed by atoms with Gasteiger partial charge in [0.1, 0.15) is 26.4 Å². The lowest BCUT2D eigenvalue weighted by molar-refractivity contribution is -0.210. The lowest BCUT2D eigenvalue weighted by Gasteiger charge is -2.06. The summed E-state index contributed by atoms with van der Waals surface area (Å²) in [5, 5.41) is 24.1. The van der Waals surface area contributed by atoms with Crippen LogP contribution in [0.25, 0.3) is 0 Å². The first kappa shape index (κ1) is 42.8. The van der Waals surface area contributed by atoms with Gasteiger partial charge in [-0.1, -0.05) is 0 Å². The van der Waals surface area contributed by atoms with E-state index in [-0.39, 0.29) is 13.2 Å². The standard InChI is InChI=1S/C22H42N4O10S7/c27-1-7-37-9-3-31-21(29)25-17-42-19-41-16-24-14-36-34-6-12-39-10-4-32-22(30)26-18-43-20-40-15-23-13-35-33-5-11-38-8-2-28/h13-14,27-28H,1-12,15-20H2,(H,25,29)(H,26,30). The Morgan fingerprint density at radius 2 is 1.00 bits per heavy atom. The van der Waals surface area contributed by atoms with Crippen LogP contribution < -0.4 is 10.6 Å². The van der Waals surface area contributed by atoms with E-state index in [0.717, 1.165) is 15.9 Å². The van der Waals surface area contributed by atoms with Gasteiger partial charge < -0.3 is 40.1 Å². The van der Waals surface area contributed by atoms with Gasteiger partial charge in [0, 0.05) is 44.7 Å². The molecule has 0 aromatic carbocycles. The minimum absolute atomic E-state index is 0.122. The number of aliphatic hydroxyl groups is 2. The van der Waals surface area contributed by atoms with Crippen molar-refractivity contribution >= 4 is 107 Å². The summed E-state index contributed by atoms with van der Waals surface area (Å²) in [6.07, 6.45) is 1.61. The Hall–Kier alpha value is -0.230. The number of carbonyl (C=O) groups is 2. The van der Waals surface area contributed by atoms with Gasteiger partial charge in [0.15, 0.2) is 0 Å². The summed E-state index contributed by atoms with van der Waals surface area (Å²) in [7, 11) is 0. The second-order valence-corrected chi connectivity index (χ2v) is 15.2. The fourth-order valence-corrected chi connectivity index (χ4v) is 6.61. The highest BCUT2D eigenvalue weighted by molar-refractivity contribution is 8.16. The monoisotopic (exact) mass is 746 g/mol. The van der Waals surface area contributed by atoms with E-state index in [1.54, 1.807) is 47.0 Å². The molecule has 2 amide bonds. The largest absolute Gasteiger partial charge is 0.449 e. The summed E-state index contributed by atoms with van der Waals surface area (Å²) >= 11 is 10.9. The van der Waals surface area contributed by atoms with Crippen LogP contribution in [0.15, 0.2) is 9.98 Å². The van der Waals surface area contributed by atoms with Gasteiger partial charge in [-0.05, 0) is 0 Å². The van der Waals surface area contributed by atoms with E-state index < -0.39 is 12.2 Å². The number of hydrogen-bond acceptors (Lipinski definition) is 19. The Labute approximate surface area is 283 Å². The predicted molar refractivity (Wildman–Crippen MR) is 186 cm³/mol. The van der Waals surface area contributed by atoms with Gasteiger partial charge in [-0.3, -0.25) is 0 Å². The quantitative estimate of drug-likeness (QED) is 0.0197. The summed E-state index contributed by atoms with van der Waals surface area (Å²) in [4.78, 5) is 50.8. The summed E-state index contributed by atoms with van der Waals surface area (Å²) in [6.45, 7) is 1.70. The van der Waals surface area contributed by atoms with E-state index in [4.69, 9.17) is 39.2 Å². The fraction of sp³-hybridized carbons (Fsp3) is 0.818. The van der Waals surface area contributed by atoms with E-state index in [0.29, 0.717) is 78.7 Å². The summed E-state index contributed by atoms with van der Waals surface area (Å²) in [5.41, 5.74) is 0. The van der Waals surface area contributed by atoms with Crippen LogP contribution in [0, 0.1) is 0 Å². The molecule has 0 aliphatic heterocycles. The molecule has 0 heterocycles. The molecular weight excluding hydrogens is 705 g/mol. The zero-order chi connectivity index (χ0) is 31.3. The Bertz CT molecular complexity index is 694. The number of aliphatic imine (C=N–C) groups is 2. The molecule has 0 aliphatic carbocycles. The van der Waals surface area contributed by atoms with Crippen molar-refractivity contribution in [3.05, 3.63) is 0 Å². The van der Waals surface area contributed by atoms with Crippen LogP contribution in [0.2, 0.25) is 0 Å². The predicted octanol–water partition coefficient (Wildman–Crippen LogP) is 3.25. The number of ether oxygens (including phenoxy) is 2. The normalized spacial score (nSPS) is 11.2. The maximum atomic E-state index is 11.7. The highest BCUT2D eigenvalue weighted by Crippen LogP contribution is 2.11. The van der Waals surface area contributed by atoms with Crippen LogP contribution >= 0.6 is 82.3 Å². The number of alkyl carbamates (subject to hydrolysis) is 2. The second-order valence-electron chi connectivity index (χ2n) is 6.92. The Kier molecular flexibility index (Phi) is 37.8. The topological polar surface area (TPSA) is 179 Å². The highest BCUT2D eigenvalue weighted by Gasteiger charge is 2.02. The van der Waals surface area contributed by atoms with Crippen LogP contribution in [0.3, 0.4) is 0 Å². The van der Waals surface area contributed by atoms with Crippen molar-refractivity contribution < 1.29 is 48.8 Å². The average Bonchev–Trinajstić information content (AvgIpc) is 3.00. The Balaban J connectivity index is 3.29. The minimum Gasteiger partial charge on any atom is -0.449 e. The smallest absolute Gasteiger partial charge is 0.407 e. The summed E-state index contributed by atoms with van der Waals surface area (Å²) in [6, 6.07) is 0. The van der Waals surface area contributed by atoms with Crippen molar-refractivity contribution in [2.45, 2.75) is 0 Å². The van der Waals surface area contributed by atoms with Crippen LogP contribution in [-0.4, -0.2) is 143 Å². The first-order valence-corrected chi connectivity index (χ1v) is 20.9. The first-order valence-electron chi connectivity index (χ1n) is 12.8. The number of nitrogens with one attached hydrogen (secondary N) is 2. The van der Waals surface area contributed by atoms with Crippen LogP contribution in [-0.2, 0) is 29.0 Å². The van der Waals surface area contributed by atoms with E-state index in [1.165, 1.54) is 48.1 Å². The van der Waals surface area contributed by atoms with E-state index in [2.05, 4.69) is 20.6 Å². The molecule has 252 valence electrons. The van der Waals surface area contributed by atoms with Crippen LogP contribution in [0.4, 0.5) is 9.59 Å². The number of amides is 2. The third-order valence-corrected chi connectivity index (χ3v) is 10.5. The summed E-state index contributed by atoms with van der Waals surface area (Å²) in [5.74, 6) is 5.96. The van der Waals surface area contributed by atoms with Crippen molar-refractivity contribution in [3.63, 3.8) is 0 Å². The zero-order valence-corrected chi connectivity index (χ0v) is 29.5. The van der Waals surface area contributed by atoms with Gasteiger partial charge >= 0.3 is 12.2 Å². The molecule has 0 aromatic heterocycles. The summed E-state index contributed by atoms with van der Waals surface area (Å²) < 4.78 is 10.1. The molecule has 21 heteroatoms. The molecule has 0 saturated heterocycles. The van der Waals surface area contributed by atoms with E-state index in [1.807, 2.05) is 0 Å². The van der Waals surface area contributed by atoms with Gasteiger partial charge in [-0.25, -0.2) is 19.6 Å². The van der Waals surface area contributed by atoms with E-state index >= 15 is 0 Å². The number of rotatable bonds is 32. The Morgan fingerprint density at radius 1 is 0.581 bits per heavy atom. The maximum Gasteiger partial charge on any atom is 0.407 e. The fourth-order valence-electron chi connectivity index (χ4n) is 1.99. The van der Waals surface area contributed by atoms with Gasteiger partial charge in [-0.2, -0.15) is 45.1 Å². The van der Waals surface area contributed by atoms with Gasteiger partial charge in [-0.15, -0.1) is 47.0 Å². The van der Waals surface area contributed by atoms with Crippen molar-refractivity contribution in [1.82, 2.24) is 10.6 Å². The molecule has 43 heavy (non-hydrogen) atoms. The third-order valence-electron chi connectivity index (χ3n) is 3.69. The van der Waals surface area contributed by atoms with Gasteiger partial charge in [0.25, 0.3) is 0 Å². The molecule has 0 spiro atoms. The zero-order valence-electron chi connectivity index (χ0n) is 23.8. The second kappa shape index (κ2) is 38.0. The van der Waals surface area contributed by atoms with Crippen molar-refractivity contribution in [3.8, 4) is 0 Å². The minimum atomic E-state index is -0.454. The molecule has 0 aliphatic rings. The molecule has 14 nitrogen and oxygen atoms in total. The van der Waals surface area contributed by atoms with Crippen LogP contribution in [0.5, 0.6) is 0 Å². The number of thioether (sulfide) groups is 7. The van der Waals surface area contributed by atoms with E-state index in [9.17, 15) is 9.59 Å². The van der Waals surface area contributed by atoms with Gasteiger partial charge in [0.05, 0.1) is 36.7 Å². The van der Waals surface area contributed by atoms with Crippen LogP contribution in [0.1, 0.15) is 0 Å².